The molecule has 0 amide bonds. The fourth-order valence-corrected chi connectivity index (χ4v) is 1.74. The second-order valence-corrected chi connectivity index (χ2v) is 3.97. The number of ether oxygens (including phenoxy) is 2. The zero-order chi connectivity index (χ0) is 13.9. The van der Waals surface area contributed by atoms with Gasteiger partial charge in [0.05, 0.1) is 19.4 Å². The van der Waals surface area contributed by atoms with Crippen LogP contribution in [0.1, 0.15) is 19.4 Å². The Hall–Kier alpha value is -1.24. The maximum absolute atomic E-state index is 5.74. The van der Waals surface area contributed by atoms with Crippen LogP contribution in [0.4, 0.5) is 5.82 Å². The molecule has 0 aliphatic heterocycles. The van der Waals surface area contributed by atoms with Gasteiger partial charge in [0.15, 0.2) is 5.82 Å². The van der Waals surface area contributed by atoms with Gasteiger partial charge in [-0.3, -0.25) is 0 Å². The third-order valence-electron chi connectivity index (χ3n) is 2.72. The quantitative estimate of drug-likeness (QED) is 0.633. The van der Waals surface area contributed by atoms with Crippen molar-refractivity contribution in [1.29, 1.82) is 0 Å². The predicted molar refractivity (Wildman–Crippen MR) is 75.1 cm³/mol. The summed E-state index contributed by atoms with van der Waals surface area (Å²) in [6.07, 6.45) is 1.66. The van der Waals surface area contributed by atoms with Crippen molar-refractivity contribution in [2.75, 3.05) is 44.4 Å². The van der Waals surface area contributed by atoms with Gasteiger partial charge >= 0.3 is 0 Å². The van der Waals surface area contributed by atoms with Crippen LogP contribution in [-0.2, 0) is 16.0 Å². The van der Waals surface area contributed by atoms with Crippen molar-refractivity contribution in [3.05, 3.63) is 17.8 Å². The SMILES string of the molecule is CCOCCN(CCOCC)c1nnccc1CN. The standard InChI is InChI=1S/C13H24N4O2/c1-3-18-9-7-17(8-10-19-4-2)13-12(11-14)5-6-15-16-13/h5-6H,3-4,7-11,14H2,1-2H3. The summed E-state index contributed by atoms with van der Waals surface area (Å²) < 4.78 is 10.8. The van der Waals surface area contributed by atoms with Crippen molar-refractivity contribution >= 4 is 5.82 Å². The van der Waals surface area contributed by atoms with Crippen LogP contribution in [0.2, 0.25) is 0 Å². The highest BCUT2D eigenvalue weighted by atomic mass is 16.5. The van der Waals surface area contributed by atoms with Crippen LogP contribution in [0.5, 0.6) is 0 Å². The molecule has 0 saturated heterocycles. The van der Waals surface area contributed by atoms with Crippen molar-refractivity contribution in [3.63, 3.8) is 0 Å². The van der Waals surface area contributed by atoms with Crippen LogP contribution in [0, 0.1) is 0 Å². The summed E-state index contributed by atoms with van der Waals surface area (Å²) in [5.74, 6) is 0.824. The molecule has 0 aliphatic rings. The predicted octanol–water partition coefficient (Wildman–Crippen LogP) is 0.815. The number of anilines is 1. The molecular weight excluding hydrogens is 244 g/mol. The van der Waals surface area contributed by atoms with Crippen molar-refractivity contribution in [2.24, 2.45) is 5.73 Å². The lowest BCUT2D eigenvalue weighted by atomic mass is 10.2. The second kappa shape index (κ2) is 9.66. The minimum atomic E-state index is 0.449. The van der Waals surface area contributed by atoms with Crippen molar-refractivity contribution in [2.45, 2.75) is 20.4 Å². The molecule has 0 fully saturated rings. The summed E-state index contributed by atoms with van der Waals surface area (Å²) >= 11 is 0. The van der Waals surface area contributed by atoms with Gasteiger partial charge in [0.1, 0.15) is 0 Å². The first-order valence-electron chi connectivity index (χ1n) is 6.74. The van der Waals surface area contributed by atoms with Crippen LogP contribution in [0.3, 0.4) is 0 Å². The Morgan fingerprint density at radius 1 is 1.16 bits per heavy atom. The Balaban J connectivity index is 2.69. The van der Waals surface area contributed by atoms with Crippen LogP contribution in [-0.4, -0.2) is 49.7 Å². The van der Waals surface area contributed by atoms with Gasteiger partial charge in [-0.25, -0.2) is 0 Å². The molecule has 2 N–H and O–H groups in total. The lowest BCUT2D eigenvalue weighted by molar-refractivity contribution is 0.141. The molecule has 1 heterocycles. The Labute approximate surface area is 114 Å². The molecule has 0 atom stereocenters. The zero-order valence-electron chi connectivity index (χ0n) is 11.8. The summed E-state index contributed by atoms with van der Waals surface area (Å²) in [7, 11) is 0. The van der Waals surface area contributed by atoms with Gasteiger partial charge in [0, 0.05) is 38.4 Å². The fraction of sp³-hybridized carbons (Fsp3) is 0.692. The van der Waals surface area contributed by atoms with E-state index < -0.39 is 0 Å². The maximum atomic E-state index is 5.74. The van der Waals surface area contributed by atoms with Crippen molar-refractivity contribution in [3.8, 4) is 0 Å². The van der Waals surface area contributed by atoms with E-state index in [0.717, 1.165) is 24.5 Å². The molecule has 0 spiro atoms. The van der Waals surface area contributed by atoms with Gasteiger partial charge in [0.2, 0.25) is 0 Å². The van der Waals surface area contributed by atoms with Gasteiger partial charge in [-0.05, 0) is 19.9 Å². The molecule has 0 radical (unpaired) electrons. The first-order valence-corrected chi connectivity index (χ1v) is 6.74. The topological polar surface area (TPSA) is 73.5 Å². The summed E-state index contributed by atoms with van der Waals surface area (Å²) in [6.45, 7) is 8.67. The highest BCUT2D eigenvalue weighted by Crippen LogP contribution is 2.15. The number of hydrogen-bond acceptors (Lipinski definition) is 6. The monoisotopic (exact) mass is 268 g/mol. The first kappa shape index (κ1) is 15.8. The summed E-state index contributed by atoms with van der Waals surface area (Å²) in [5, 5.41) is 8.13. The molecule has 0 unspecified atom stereocenters. The third-order valence-corrected chi connectivity index (χ3v) is 2.72. The Morgan fingerprint density at radius 3 is 2.32 bits per heavy atom. The molecule has 1 aromatic heterocycles. The van der Waals surface area contributed by atoms with E-state index in [1.807, 2.05) is 19.9 Å². The number of nitrogens with two attached hydrogens (primary N) is 1. The Kier molecular flexibility index (Phi) is 8.04. The van der Waals surface area contributed by atoms with Crippen LogP contribution in [0.25, 0.3) is 0 Å². The highest BCUT2D eigenvalue weighted by molar-refractivity contribution is 5.45. The van der Waals surface area contributed by atoms with Crippen molar-refractivity contribution < 1.29 is 9.47 Å². The molecule has 1 aromatic rings. The number of hydrogen-bond donors (Lipinski definition) is 1. The average molecular weight is 268 g/mol. The number of aromatic nitrogens is 2. The lowest BCUT2D eigenvalue weighted by Crippen LogP contribution is -2.33. The van der Waals surface area contributed by atoms with Gasteiger partial charge in [-0.2, -0.15) is 5.10 Å². The maximum Gasteiger partial charge on any atom is 0.155 e. The van der Waals surface area contributed by atoms with Crippen LogP contribution >= 0.6 is 0 Å². The van der Waals surface area contributed by atoms with Gasteiger partial charge in [-0.1, -0.05) is 0 Å². The highest BCUT2D eigenvalue weighted by Gasteiger charge is 2.12. The van der Waals surface area contributed by atoms with E-state index in [1.165, 1.54) is 0 Å². The molecule has 0 aromatic carbocycles. The smallest absolute Gasteiger partial charge is 0.155 e. The molecule has 19 heavy (non-hydrogen) atoms. The molecule has 0 bridgehead atoms. The number of rotatable bonds is 10. The molecule has 0 aliphatic carbocycles. The molecule has 6 nitrogen and oxygen atoms in total. The zero-order valence-corrected chi connectivity index (χ0v) is 11.8. The molecule has 108 valence electrons. The van der Waals surface area contributed by atoms with Gasteiger partial charge in [0.25, 0.3) is 0 Å². The van der Waals surface area contributed by atoms with E-state index >= 15 is 0 Å². The summed E-state index contributed by atoms with van der Waals surface area (Å²) in [6, 6.07) is 1.90. The average Bonchev–Trinajstić information content (AvgIpc) is 2.46. The van der Waals surface area contributed by atoms with E-state index in [0.29, 0.717) is 33.0 Å². The molecule has 0 saturated carbocycles. The third kappa shape index (κ3) is 5.50. The molecular formula is C13H24N4O2. The van der Waals surface area contributed by atoms with Crippen LogP contribution in [0.15, 0.2) is 12.3 Å². The van der Waals surface area contributed by atoms with E-state index in [4.69, 9.17) is 15.2 Å². The Bertz CT molecular complexity index is 339. The van der Waals surface area contributed by atoms with Gasteiger partial charge < -0.3 is 20.1 Å². The second-order valence-electron chi connectivity index (χ2n) is 3.97. The van der Waals surface area contributed by atoms with Crippen LogP contribution < -0.4 is 10.6 Å². The molecule has 6 heteroatoms. The molecule has 1 rings (SSSR count). The minimum Gasteiger partial charge on any atom is -0.380 e. The van der Waals surface area contributed by atoms with Gasteiger partial charge in [-0.15, -0.1) is 5.10 Å². The fourth-order valence-electron chi connectivity index (χ4n) is 1.74. The van der Waals surface area contributed by atoms with Crippen molar-refractivity contribution in [1.82, 2.24) is 10.2 Å². The van der Waals surface area contributed by atoms with E-state index in [-0.39, 0.29) is 0 Å². The first-order chi connectivity index (χ1) is 9.33. The van der Waals surface area contributed by atoms with E-state index in [9.17, 15) is 0 Å². The number of nitrogens with zero attached hydrogens (tertiary/aromatic N) is 3. The van der Waals surface area contributed by atoms with E-state index in [1.54, 1.807) is 6.20 Å². The largest absolute Gasteiger partial charge is 0.380 e. The normalized spacial score (nSPS) is 10.7. The Morgan fingerprint density at radius 2 is 1.79 bits per heavy atom. The lowest BCUT2D eigenvalue weighted by Gasteiger charge is -2.24. The van der Waals surface area contributed by atoms with E-state index in [2.05, 4.69) is 15.1 Å². The minimum absolute atomic E-state index is 0.449. The summed E-state index contributed by atoms with van der Waals surface area (Å²) in [4.78, 5) is 2.11. The summed E-state index contributed by atoms with van der Waals surface area (Å²) in [5.41, 5.74) is 6.73.